The number of carbonyl (C=O) groups is 1. The Morgan fingerprint density at radius 1 is 1.27 bits per heavy atom. The Bertz CT molecular complexity index is 747. The summed E-state index contributed by atoms with van der Waals surface area (Å²) in [5, 5.41) is 0.490. The van der Waals surface area contributed by atoms with Crippen LogP contribution in [0.3, 0.4) is 0 Å². The SMILES string of the molecule is COc1ccc(CC(=O)N2CCC(CS(=O)(=O)C(C)(C)C)CC2)cc1Cl. The molecule has 0 aliphatic carbocycles. The quantitative estimate of drug-likeness (QED) is 0.759. The Morgan fingerprint density at radius 2 is 1.88 bits per heavy atom. The third kappa shape index (κ3) is 5.13. The number of hydrogen-bond donors (Lipinski definition) is 0. The normalized spacial score (nSPS) is 16.6. The second kappa shape index (κ2) is 8.17. The van der Waals surface area contributed by atoms with E-state index in [9.17, 15) is 13.2 Å². The van der Waals surface area contributed by atoms with Gasteiger partial charge in [0.25, 0.3) is 0 Å². The molecule has 0 radical (unpaired) electrons. The summed E-state index contributed by atoms with van der Waals surface area (Å²) in [6.07, 6.45) is 1.74. The molecule has 1 aliphatic heterocycles. The highest BCUT2D eigenvalue weighted by molar-refractivity contribution is 7.92. The van der Waals surface area contributed by atoms with Crippen LogP contribution in [-0.4, -0.2) is 49.9 Å². The first-order valence-corrected chi connectivity index (χ1v) is 10.9. The fraction of sp³-hybridized carbons (Fsp3) is 0.632. The van der Waals surface area contributed by atoms with Crippen molar-refractivity contribution >= 4 is 27.3 Å². The molecule has 1 heterocycles. The summed E-state index contributed by atoms with van der Waals surface area (Å²) in [5.74, 6) is 0.956. The molecule has 0 unspecified atom stereocenters. The average Bonchev–Trinajstić information content (AvgIpc) is 2.54. The average molecular weight is 402 g/mol. The van der Waals surface area contributed by atoms with E-state index in [1.54, 1.807) is 40.0 Å². The van der Waals surface area contributed by atoms with E-state index < -0.39 is 14.6 Å². The standard InChI is InChI=1S/C19H28ClNO4S/c1-19(2,3)26(23,24)13-14-7-9-21(10-8-14)18(22)12-15-5-6-17(25-4)16(20)11-15/h5-6,11,14H,7-10,12-13H2,1-4H3. The Balaban J connectivity index is 1.89. The lowest BCUT2D eigenvalue weighted by molar-refractivity contribution is -0.131. The number of carbonyl (C=O) groups excluding carboxylic acids is 1. The van der Waals surface area contributed by atoms with Crippen molar-refractivity contribution in [3.05, 3.63) is 28.8 Å². The number of methoxy groups -OCH3 is 1. The van der Waals surface area contributed by atoms with Crippen LogP contribution in [0.15, 0.2) is 18.2 Å². The summed E-state index contributed by atoms with van der Waals surface area (Å²) in [6.45, 7) is 6.42. The van der Waals surface area contributed by atoms with Gasteiger partial charge in [0, 0.05) is 13.1 Å². The number of rotatable bonds is 5. The minimum atomic E-state index is -3.13. The van der Waals surface area contributed by atoms with Crippen LogP contribution in [0, 0.1) is 5.92 Å². The van der Waals surface area contributed by atoms with E-state index in [1.807, 2.05) is 11.0 Å². The second-order valence-corrected chi connectivity index (χ2v) is 11.1. The molecule has 1 saturated heterocycles. The highest BCUT2D eigenvalue weighted by Crippen LogP contribution is 2.27. The number of benzene rings is 1. The molecule has 0 N–H and O–H groups in total. The number of amides is 1. The van der Waals surface area contributed by atoms with E-state index in [4.69, 9.17) is 16.3 Å². The van der Waals surface area contributed by atoms with Crippen LogP contribution in [0.2, 0.25) is 5.02 Å². The fourth-order valence-corrected chi connectivity index (χ4v) is 4.75. The van der Waals surface area contributed by atoms with E-state index in [2.05, 4.69) is 0 Å². The minimum absolute atomic E-state index is 0.0448. The van der Waals surface area contributed by atoms with Crippen LogP contribution in [0.4, 0.5) is 0 Å². The maximum atomic E-state index is 12.5. The molecule has 7 heteroatoms. The Hall–Kier alpha value is -1.27. The van der Waals surface area contributed by atoms with Gasteiger partial charge in [0.15, 0.2) is 9.84 Å². The number of piperidine rings is 1. The molecule has 0 bridgehead atoms. The Kier molecular flexibility index (Phi) is 6.61. The molecular weight excluding hydrogens is 374 g/mol. The summed E-state index contributed by atoms with van der Waals surface area (Å²) < 4.78 is 29.1. The monoisotopic (exact) mass is 401 g/mol. The van der Waals surface area contributed by atoms with Gasteiger partial charge >= 0.3 is 0 Å². The van der Waals surface area contributed by atoms with E-state index in [1.165, 1.54) is 0 Å². The van der Waals surface area contributed by atoms with Gasteiger partial charge in [0.1, 0.15) is 5.75 Å². The zero-order valence-electron chi connectivity index (χ0n) is 15.9. The molecule has 1 aromatic rings. The maximum absolute atomic E-state index is 12.5. The summed E-state index contributed by atoms with van der Waals surface area (Å²) in [6, 6.07) is 5.35. The largest absolute Gasteiger partial charge is 0.495 e. The van der Waals surface area contributed by atoms with Crippen molar-refractivity contribution < 1.29 is 17.9 Å². The summed E-state index contributed by atoms with van der Waals surface area (Å²) in [4.78, 5) is 14.3. The number of halogens is 1. The number of likely N-dealkylation sites (tertiary alicyclic amines) is 1. The lowest BCUT2D eigenvalue weighted by Gasteiger charge is -2.33. The van der Waals surface area contributed by atoms with Crippen molar-refractivity contribution in [1.29, 1.82) is 0 Å². The molecule has 1 aliphatic rings. The number of nitrogens with zero attached hydrogens (tertiary/aromatic N) is 1. The van der Waals surface area contributed by atoms with Crippen LogP contribution >= 0.6 is 11.6 Å². The lowest BCUT2D eigenvalue weighted by atomic mass is 9.98. The van der Waals surface area contributed by atoms with E-state index >= 15 is 0 Å². The predicted octanol–water partition coefficient (Wildman–Crippen LogP) is 3.34. The van der Waals surface area contributed by atoms with Gasteiger partial charge in [-0.25, -0.2) is 8.42 Å². The third-order valence-electron chi connectivity index (χ3n) is 4.93. The van der Waals surface area contributed by atoms with Crippen LogP contribution in [0.25, 0.3) is 0 Å². The van der Waals surface area contributed by atoms with Gasteiger partial charge in [-0.2, -0.15) is 0 Å². The molecule has 1 amide bonds. The van der Waals surface area contributed by atoms with Crippen LogP contribution in [0.1, 0.15) is 39.2 Å². The van der Waals surface area contributed by atoms with Gasteiger partial charge in [-0.15, -0.1) is 0 Å². The van der Waals surface area contributed by atoms with Crippen molar-refractivity contribution in [3.8, 4) is 5.75 Å². The first kappa shape index (κ1) is 21.0. The third-order valence-corrected chi connectivity index (χ3v) is 8.00. The number of ether oxygens (including phenoxy) is 1. The first-order chi connectivity index (χ1) is 12.0. The molecule has 5 nitrogen and oxygen atoms in total. The number of hydrogen-bond acceptors (Lipinski definition) is 4. The molecule has 1 fully saturated rings. The molecule has 0 saturated carbocycles. The highest BCUT2D eigenvalue weighted by Gasteiger charge is 2.33. The van der Waals surface area contributed by atoms with E-state index in [0.29, 0.717) is 23.9 Å². The molecule has 2 rings (SSSR count). The molecule has 26 heavy (non-hydrogen) atoms. The zero-order chi connectivity index (χ0) is 19.5. The molecule has 0 spiro atoms. The smallest absolute Gasteiger partial charge is 0.226 e. The van der Waals surface area contributed by atoms with Gasteiger partial charge in [-0.05, 0) is 57.2 Å². The summed E-state index contributed by atoms with van der Waals surface area (Å²) in [5.41, 5.74) is 0.846. The molecule has 0 atom stereocenters. The fourth-order valence-electron chi connectivity index (χ4n) is 3.02. The minimum Gasteiger partial charge on any atom is -0.495 e. The van der Waals surface area contributed by atoms with E-state index in [0.717, 1.165) is 18.4 Å². The summed E-state index contributed by atoms with van der Waals surface area (Å²) >= 11 is 6.11. The van der Waals surface area contributed by atoms with Gasteiger partial charge in [-0.3, -0.25) is 4.79 Å². The van der Waals surface area contributed by atoms with Crippen molar-refractivity contribution in [2.75, 3.05) is 26.0 Å². The van der Waals surface area contributed by atoms with Crippen molar-refractivity contribution in [2.24, 2.45) is 5.92 Å². The van der Waals surface area contributed by atoms with Crippen molar-refractivity contribution in [1.82, 2.24) is 4.90 Å². The molecule has 0 aromatic heterocycles. The van der Waals surface area contributed by atoms with Crippen molar-refractivity contribution in [3.63, 3.8) is 0 Å². The summed E-state index contributed by atoms with van der Waals surface area (Å²) in [7, 11) is -1.57. The van der Waals surface area contributed by atoms with E-state index in [-0.39, 0.29) is 24.0 Å². The second-order valence-electron chi connectivity index (χ2n) is 7.86. The number of sulfone groups is 1. The van der Waals surface area contributed by atoms with Crippen LogP contribution < -0.4 is 4.74 Å². The van der Waals surface area contributed by atoms with Crippen LogP contribution in [0.5, 0.6) is 5.75 Å². The molecule has 1 aromatic carbocycles. The maximum Gasteiger partial charge on any atom is 0.226 e. The van der Waals surface area contributed by atoms with Crippen molar-refractivity contribution in [2.45, 2.75) is 44.8 Å². The molecular formula is C19H28ClNO4S. The highest BCUT2D eigenvalue weighted by atomic mass is 35.5. The van der Waals surface area contributed by atoms with Gasteiger partial charge < -0.3 is 9.64 Å². The Morgan fingerprint density at radius 3 is 2.38 bits per heavy atom. The van der Waals surface area contributed by atoms with Crippen LogP contribution in [-0.2, 0) is 21.1 Å². The topological polar surface area (TPSA) is 63.7 Å². The molecule has 146 valence electrons. The predicted molar refractivity (Wildman–Crippen MR) is 105 cm³/mol. The zero-order valence-corrected chi connectivity index (χ0v) is 17.5. The first-order valence-electron chi connectivity index (χ1n) is 8.86. The van der Waals surface area contributed by atoms with Gasteiger partial charge in [0.2, 0.25) is 5.91 Å². The van der Waals surface area contributed by atoms with Gasteiger partial charge in [-0.1, -0.05) is 17.7 Å². The van der Waals surface area contributed by atoms with Gasteiger partial charge in [0.05, 0.1) is 29.1 Å². The lowest BCUT2D eigenvalue weighted by Crippen LogP contribution is -2.42. The Labute approximate surface area is 161 Å².